The second kappa shape index (κ2) is 7.94. The number of aromatic nitrogens is 1. The lowest BCUT2D eigenvalue weighted by atomic mass is 10.1. The van der Waals surface area contributed by atoms with Crippen LogP contribution in [0.4, 0.5) is 4.39 Å². The summed E-state index contributed by atoms with van der Waals surface area (Å²) < 4.78 is 13.0. The van der Waals surface area contributed by atoms with Gasteiger partial charge in [0.15, 0.2) is 0 Å². The quantitative estimate of drug-likeness (QED) is 0.694. The van der Waals surface area contributed by atoms with Gasteiger partial charge in [0.25, 0.3) is 5.91 Å². The van der Waals surface area contributed by atoms with Crippen LogP contribution < -0.4 is 0 Å². The van der Waals surface area contributed by atoms with Crippen molar-refractivity contribution in [3.05, 3.63) is 71.7 Å². The highest BCUT2D eigenvalue weighted by Crippen LogP contribution is 2.18. The standard InChI is InChI=1S/C22H22FN3O2/c23-19-5-1-16(2-6-19)8-10-25-11-12-26(14-20(25)15-27)22(28)18-4-3-17-7-9-24-21(17)13-18/h1-7,9,13,15,20,24H,8,10-12,14H2. The summed E-state index contributed by atoms with van der Waals surface area (Å²) >= 11 is 0. The van der Waals surface area contributed by atoms with Crippen LogP contribution in [-0.2, 0) is 11.2 Å². The molecule has 1 aliphatic heterocycles. The first-order chi connectivity index (χ1) is 13.6. The van der Waals surface area contributed by atoms with E-state index in [0.29, 0.717) is 31.7 Å². The highest BCUT2D eigenvalue weighted by Gasteiger charge is 2.29. The van der Waals surface area contributed by atoms with Crippen molar-refractivity contribution in [2.45, 2.75) is 12.5 Å². The molecule has 1 amide bonds. The molecule has 1 aromatic heterocycles. The van der Waals surface area contributed by atoms with E-state index < -0.39 is 0 Å². The van der Waals surface area contributed by atoms with Gasteiger partial charge in [-0.05, 0) is 47.7 Å². The molecule has 0 aliphatic carbocycles. The first kappa shape index (κ1) is 18.4. The van der Waals surface area contributed by atoms with E-state index in [9.17, 15) is 14.0 Å². The smallest absolute Gasteiger partial charge is 0.254 e. The molecule has 0 bridgehead atoms. The van der Waals surface area contributed by atoms with Gasteiger partial charge in [0, 0.05) is 43.5 Å². The predicted octanol–water partition coefficient (Wildman–Crippen LogP) is 2.88. The molecule has 2 aromatic carbocycles. The average molecular weight is 379 g/mol. The molecule has 1 unspecified atom stereocenters. The number of benzene rings is 2. The Hall–Kier alpha value is -2.99. The van der Waals surface area contributed by atoms with Crippen LogP contribution in [-0.4, -0.2) is 59.2 Å². The van der Waals surface area contributed by atoms with Gasteiger partial charge in [0.05, 0.1) is 6.04 Å². The zero-order valence-corrected chi connectivity index (χ0v) is 15.5. The van der Waals surface area contributed by atoms with E-state index in [1.807, 2.05) is 30.5 Å². The van der Waals surface area contributed by atoms with Crippen molar-refractivity contribution in [1.82, 2.24) is 14.8 Å². The molecule has 0 saturated carbocycles. The Morgan fingerprint density at radius 1 is 1.14 bits per heavy atom. The number of fused-ring (bicyclic) bond motifs is 1. The minimum atomic E-state index is -0.327. The number of carbonyl (C=O) groups excluding carboxylic acids is 2. The molecule has 3 aromatic rings. The van der Waals surface area contributed by atoms with Crippen molar-refractivity contribution in [3.8, 4) is 0 Å². The average Bonchev–Trinajstić information content (AvgIpc) is 3.20. The maximum absolute atomic E-state index is 13.0. The van der Waals surface area contributed by atoms with Crippen LogP contribution in [0.5, 0.6) is 0 Å². The number of amides is 1. The lowest BCUT2D eigenvalue weighted by Gasteiger charge is -2.39. The van der Waals surface area contributed by atoms with E-state index in [1.54, 1.807) is 17.0 Å². The SMILES string of the molecule is O=CC1CN(C(=O)c2ccc3cc[nH]c3c2)CCN1CCc1ccc(F)cc1. The number of hydrogen-bond donors (Lipinski definition) is 1. The van der Waals surface area contributed by atoms with Crippen molar-refractivity contribution in [2.75, 3.05) is 26.2 Å². The molecule has 144 valence electrons. The Morgan fingerprint density at radius 2 is 1.96 bits per heavy atom. The van der Waals surface area contributed by atoms with E-state index in [1.165, 1.54) is 12.1 Å². The van der Waals surface area contributed by atoms with Crippen LogP contribution in [0, 0.1) is 5.82 Å². The number of aromatic amines is 1. The number of nitrogens with zero attached hydrogens (tertiary/aromatic N) is 2. The van der Waals surface area contributed by atoms with Crippen molar-refractivity contribution in [3.63, 3.8) is 0 Å². The molecule has 4 rings (SSSR count). The highest BCUT2D eigenvalue weighted by atomic mass is 19.1. The first-order valence-corrected chi connectivity index (χ1v) is 9.44. The van der Waals surface area contributed by atoms with Crippen LogP contribution in [0.3, 0.4) is 0 Å². The van der Waals surface area contributed by atoms with E-state index in [2.05, 4.69) is 9.88 Å². The largest absolute Gasteiger partial charge is 0.361 e. The van der Waals surface area contributed by atoms with Gasteiger partial charge in [-0.2, -0.15) is 0 Å². The van der Waals surface area contributed by atoms with Gasteiger partial charge in [0.2, 0.25) is 0 Å². The minimum Gasteiger partial charge on any atom is -0.361 e. The van der Waals surface area contributed by atoms with Crippen LogP contribution in [0.15, 0.2) is 54.7 Å². The van der Waals surface area contributed by atoms with Gasteiger partial charge in [-0.3, -0.25) is 9.69 Å². The second-order valence-electron chi connectivity index (χ2n) is 7.15. The van der Waals surface area contributed by atoms with Crippen molar-refractivity contribution in [2.24, 2.45) is 0 Å². The summed E-state index contributed by atoms with van der Waals surface area (Å²) in [7, 11) is 0. The molecule has 1 fully saturated rings. The van der Waals surface area contributed by atoms with Gasteiger partial charge < -0.3 is 14.7 Å². The third kappa shape index (κ3) is 3.82. The number of aldehydes is 1. The summed E-state index contributed by atoms with van der Waals surface area (Å²) in [4.78, 5) is 31.5. The van der Waals surface area contributed by atoms with Gasteiger partial charge in [0.1, 0.15) is 12.1 Å². The third-order valence-corrected chi connectivity index (χ3v) is 5.38. The molecular formula is C22H22FN3O2. The van der Waals surface area contributed by atoms with Crippen LogP contribution in [0.1, 0.15) is 15.9 Å². The van der Waals surface area contributed by atoms with E-state index in [0.717, 1.165) is 29.2 Å². The van der Waals surface area contributed by atoms with Crippen LogP contribution in [0.25, 0.3) is 10.9 Å². The lowest BCUT2D eigenvalue weighted by molar-refractivity contribution is -0.114. The normalized spacial score (nSPS) is 17.8. The predicted molar refractivity (Wildman–Crippen MR) is 106 cm³/mol. The van der Waals surface area contributed by atoms with Crippen molar-refractivity contribution < 1.29 is 14.0 Å². The van der Waals surface area contributed by atoms with E-state index >= 15 is 0 Å². The Kier molecular flexibility index (Phi) is 5.21. The molecular weight excluding hydrogens is 357 g/mol. The van der Waals surface area contributed by atoms with Gasteiger partial charge >= 0.3 is 0 Å². The molecule has 1 atom stereocenters. The van der Waals surface area contributed by atoms with Gasteiger partial charge in [-0.15, -0.1) is 0 Å². The summed E-state index contributed by atoms with van der Waals surface area (Å²) in [5, 5.41) is 1.06. The lowest BCUT2D eigenvalue weighted by Crippen LogP contribution is -2.55. The molecule has 28 heavy (non-hydrogen) atoms. The molecule has 2 heterocycles. The number of halogens is 1. The Balaban J connectivity index is 1.40. The summed E-state index contributed by atoms with van der Waals surface area (Å²) in [6.07, 6.45) is 3.50. The van der Waals surface area contributed by atoms with E-state index in [-0.39, 0.29) is 17.8 Å². The summed E-state index contributed by atoms with van der Waals surface area (Å²) in [6, 6.07) is 13.7. The highest BCUT2D eigenvalue weighted by molar-refractivity contribution is 5.98. The van der Waals surface area contributed by atoms with Crippen molar-refractivity contribution in [1.29, 1.82) is 0 Å². The molecule has 0 spiro atoms. The van der Waals surface area contributed by atoms with Gasteiger partial charge in [-0.1, -0.05) is 18.2 Å². The maximum Gasteiger partial charge on any atom is 0.254 e. The fraction of sp³-hybridized carbons (Fsp3) is 0.273. The monoisotopic (exact) mass is 379 g/mol. The molecule has 1 N–H and O–H groups in total. The topological polar surface area (TPSA) is 56.4 Å². The molecule has 5 nitrogen and oxygen atoms in total. The van der Waals surface area contributed by atoms with E-state index in [4.69, 9.17) is 0 Å². The number of H-pyrrole nitrogens is 1. The zero-order valence-electron chi connectivity index (χ0n) is 15.5. The van der Waals surface area contributed by atoms with Crippen LogP contribution >= 0.6 is 0 Å². The Bertz CT molecular complexity index is 983. The fourth-order valence-electron chi connectivity index (χ4n) is 3.73. The number of piperazine rings is 1. The third-order valence-electron chi connectivity index (χ3n) is 5.38. The van der Waals surface area contributed by atoms with Crippen LogP contribution in [0.2, 0.25) is 0 Å². The molecule has 6 heteroatoms. The maximum atomic E-state index is 13.0. The first-order valence-electron chi connectivity index (χ1n) is 9.44. The fourth-order valence-corrected chi connectivity index (χ4v) is 3.73. The summed E-state index contributed by atoms with van der Waals surface area (Å²) in [5.74, 6) is -0.305. The van der Waals surface area contributed by atoms with Crippen molar-refractivity contribution >= 4 is 23.1 Å². The summed E-state index contributed by atoms with van der Waals surface area (Å²) in [5.41, 5.74) is 2.58. The number of rotatable bonds is 5. The zero-order chi connectivity index (χ0) is 19.5. The number of nitrogens with one attached hydrogen (secondary N) is 1. The Morgan fingerprint density at radius 3 is 2.75 bits per heavy atom. The molecule has 1 aliphatic rings. The van der Waals surface area contributed by atoms with Gasteiger partial charge in [-0.25, -0.2) is 4.39 Å². The second-order valence-corrected chi connectivity index (χ2v) is 7.15. The minimum absolute atomic E-state index is 0.0541. The molecule has 1 saturated heterocycles. The number of carbonyl (C=O) groups is 2. The summed E-state index contributed by atoms with van der Waals surface area (Å²) in [6.45, 7) is 2.30. The Labute approximate surface area is 162 Å². The molecule has 0 radical (unpaired) electrons. The number of hydrogen-bond acceptors (Lipinski definition) is 3.